The molecule has 0 fully saturated rings. The van der Waals surface area contributed by atoms with Crippen molar-refractivity contribution in [1.82, 2.24) is 5.32 Å². The Kier molecular flexibility index (Phi) is 6.24. The lowest BCUT2D eigenvalue weighted by molar-refractivity contribution is -0.119. The zero-order valence-corrected chi connectivity index (χ0v) is 10.7. The van der Waals surface area contributed by atoms with Crippen LogP contribution in [-0.2, 0) is 22.9 Å². The molecule has 1 amide bonds. The van der Waals surface area contributed by atoms with Crippen molar-refractivity contribution in [2.75, 3.05) is 21.3 Å². The van der Waals surface area contributed by atoms with Gasteiger partial charge in [-0.05, 0) is 0 Å². The number of rotatable bonds is 5. The summed E-state index contributed by atoms with van der Waals surface area (Å²) in [6, 6.07) is 0. The van der Waals surface area contributed by atoms with Crippen LogP contribution in [0.5, 0.6) is 0 Å². The quantitative estimate of drug-likeness (QED) is 0.471. The molecule has 0 aromatic carbocycles. The van der Waals surface area contributed by atoms with Gasteiger partial charge in [0.05, 0.1) is 0 Å². The number of halogens is 2. The molecule has 6 nitrogen and oxygen atoms in total. The van der Waals surface area contributed by atoms with Crippen molar-refractivity contribution >= 4 is 36.9 Å². The molecule has 9 heteroatoms. The highest BCUT2D eigenvalue weighted by Crippen LogP contribution is 2.50. The van der Waals surface area contributed by atoms with Gasteiger partial charge in [-0.1, -0.05) is 23.2 Å². The summed E-state index contributed by atoms with van der Waals surface area (Å²) in [6.07, 6.45) is 0. The number of phosphoric acid groups is 1. The summed E-state index contributed by atoms with van der Waals surface area (Å²) in [5, 5.41) is 2.19. The van der Waals surface area contributed by atoms with E-state index in [4.69, 9.17) is 23.2 Å². The largest absolute Gasteiger partial charge is 0.529 e. The van der Waals surface area contributed by atoms with E-state index in [1.54, 1.807) is 0 Å². The van der Waals surface area contributed by atoms with Gasteiger partial charge in [-0.2, -0.15) is 0 Å². The standard InChI is InChI=1S/C6H10Cl2NO5P/c1-9-6(10)4(5(7)8)14-15(11,12-2)13-3/h1-3H3,(H,9,10). The van der Waals surface area contributed by atoms with Crippen LogP contribution in [0, 0.1) is 0 Å². The maximum Gasteiger partial charge on any atom is 0.529 e. The number of likely N-dealkylation sites (N-methyl/N-ethyl adjacent to an activating group) is 1. The Morgan fingerprint density at radius 1 is 1.27 bits per heavy atom. The molecule has 15 heavy (non-hydrogen) atoms. The lowest BCUT2D eigenvalue weighted by Gasteiger charge is -2.15. The Morgan fingerprint density at radius 3 is 2.00 bits per heavy atom. The first kappa shape index (κ1) is 14.7. The van der Waals surface area contributed by atoms with Crippen LogP contribution in [0.4, 0.5) is 0 Å². The Hall–Kier alpha value is -0.260. The van der Waals surface area contributed by atoms with Crippen molar-refractivity contribution < 1.29 is 22.9 Å². The lowest BCUT2D eigenvalue weighted by atomic mass is 10.5. The molecular weight excluding hydrogens is 268 g/mol. The zero-order chi connectivity index (χ0) is 12.1. The molecule has 0 heterocycles. The third-order valence-corrected chi connectivity index (χ3v) is 2.90. The third kappa shape index (κ3) is 4.40. The average molecular weight is 278 g/mol. The van der Waals surface area contributed by atoms with Crippen LogP contribution in [0.2, 0.25) is 0 Å². The first-order valence-electron chi connectivity index (χ1n) is 3.58. The minimum atomic E-state index is -3.85. The van der Waals surface area contributed by atoms with Crippen LogP contribution in [0.25, 0.3) is 0 Å². The summed E-state index contributed by atoms with van der Waals surface area (Å²) >= 11 is 10.7. The molecule has 0 aliphatic heterocycles. The first-order chi connectivity index (χ1) is 6.90. The van der Waals surface area contributed by atoms with E-state index in [1.165, 1.54) is 7.05 Å². The fourth-order valence-corrected chi connectivity index (χ4v) is 1.59. The summed E-state index contributed by atoms with van der Waals surface area (Å²) in [4.78, 5) is 11.2. The molecule has 0 saturated carbocycles. The predicted octanol–water partition coefficient (Wildman–Crippen LogP) is 1.80. The SMILES string of the molecule is CNC(=O)C(OP(=O)(OC)OC)=C(Cl)Cl. The Labute approximate surface area is 97.1 Å². The molecular formula is C6H10Cl2NO5P. The van der Waals surface area contributed by atoms with E-state index in [2.05, 4.69) is 18.9 Å². The van der Waals surface area contributed by atoms with Gasteiger partial charge in [0.15, 0.2) is 4.49 Å². The molecule has 0 bridgehead atoms. The third-order valence-electron chi connectivity index (χ3n) is 1.26. The van der Waals surface area contributed by atoms with E-state index < -0.39 is 24.0 Å². The molecule has 1 N–H and O–H groups in total. The Bertz CT molecular complexity index is 307. The van der Waals surface area contributed by atoms with Crippen LogP contribution < -0.4 is 5.32 Å². The normalized spacial score (nSPS) is 10.7. The molecule has 0 aromatic heterocycles. The number of nitrogens with one attached hydrogen (secondary N) is 1. The summed E-state index contributed by atoms with van der Waals surface area (Å²) in [6.45, 7) is 0. The number of amides is 1. The molecule has 0 aromatic rings. The molecule has 0 radical (unpaired) electrons. The highest BCUT2D eigenvalue weighted by atomic mass is 35.5. The number of hydrogen-bond acceptors (Lipinski definition) is 5. The monoisotopic (exact) mass is 277 g/mol. The van der Waals surface area contributed by atoms with Crippen molar-refractivity contribution in [1.29, 1.82) is 0 Å². The van der Waals surface area contributed by atoms with Crippen LogP contribution in [0.1, 0.15) is 0 Å². The average Bonchev–Trinajstić information content (AvgIpc) is 2.24. The molecule has 0 aliphatic carbocycles. The van der Waals surface area contributed by atoms with E-state index in [0.717, 1.165) is 14.2 Å². The first-order valence-corrected chi connectivity index (χ1v) is 5.80. The van der Waals surface area contributed by atoms with Crippen molar-refractivity contribution in [2.45, 2.75) is 0 Å². The van der Waals surface area contributed by atoms with Crippen molar-refractivity contribution in [3.8, 4) is 0 Å². The number of carbonyl (C=O) groups is 1. The second-order valence-electron chi connectivity index (χ2n) is 2.07. The second kappa shape index (κ2) is 6.35. The maximum atomic E-state index is 11.5. The molecule has 88 valence electrons. The molecule has 0 saturated heterocycles. The van der Waals surface area contributed by atoms with Crippen molar-refractivity contribution in [3.05, 3.63) is 10.3 Å². The zero-order valence-electron chi connectivity index (χ0n) is 8.24. The predicted molar refractivity (Wildman–Crippen MR) is 55.5 cm³/mol. The van der Waals surface area contributed by atoms with Gasteiger partial charge >= 0.3 is 7.82 Å². The van der Waals surface area contributed by atoms with E-state index in [9.17, 15) is 9.36 Å². The lowest BCUT2D eigenvalue weighted by Crippen LogP contribution is -2.21. The van der Waals surface area contributed by atoms with Crippen LogP contribution in [-0.4, -0.2) is 27.2 Å². The smallest absolute Gasteiger partial charge is 0.395 e. The Balaban J connectivity index is 4.95. The maximum absolute atomic E-state index is 11.5. The summed E-state index contributed by atoms with van der Waals surface area (Å²) in [5.41, 5.74) is 0. The van der Waals surface area contributed by atoms with Crippen LogP contribution >= 0.6 is 31.0 Å². The van der Waals surface area contributed by atoms with Gasteiger partial charge in [0, 0.05) is 21.3 Å². The number of carbonyl (C=O) groups excluding carboxylic acids is 1. The van der Waals surface area contributed by atoms with Gasteiger partial charge in [-0.25, -0.2) is 4.57 Å². The van der Waals surface area contributed by atoms with Gasteiger partial charge in [0.1, 0.15) is 0 Å². The van der Waals surface area contributed by atoms with E-state index in [-0.39, 0.29) is 0 Å². The molecule has 0 aliphatic rings. The van der Waals surface area contributed by atoms with Gasteiger partial charge < -0.3 is 9.84 Å². The second-order valence-corrected chi connectivity index (χ2v) is 4.83. The number of hydrogen-bond donors (Lipinski definition) is 1. The number of phosphoric ester groups is 1. The minimum absolute atomic E-state index is 0.483. The topological polar surface area (TPSA) is 73.9 Å². The van der Waals surface area contributed by atoms with Crippen molar-refractivity contribution in [3.63, 3.8) is 0 Å². The van der Waals surface area contributed by atoms with Crippen LogP contribution in [0.3, 0.4) is 0 Å². The van der Waals surface area contributed by atoms with Gasteiger partial charge in [0.25, 0.3) is 5.91 Å². The highest BCUT2D eigenvalue weighted by Gasteiger charge is 2.30. The van der Waals surface area contributed by atoms with E-state index in [0.29, 0.717) is 0 Å². The summed E-state index contributed by atoms with van der Waals surface area (Å²) in [7, 11) is -0.337. The van der Waals surface area contributed by atoms with E-state index in [1.807, 2.05) is 0 Å². The highest BCUT2D eigenvalue weighted by molar-refractivity contribution is 7.48. The van der Waals surface area contributed by atoms with Crippen LogP contribution in [0.15, 0.2) is 10.3 Å². The fraction of sp³-hybridized carbons (Fsp3) is 0.500. The van der Waals surface area contributed by atoms with Crippen molar-refractivity contribution in [2.24, 2.45) is 0 Å². The Morgan fingerprint density at radius 2 is 1.73 bits per heavy atom. The molecule has 0 spiro atoms. The van der Waals surface area contributed by atoms with Gasteiger partial charge in [-0.3, -0.25) is 13.8 Å². The molecule has 0 rings (SSSR count). The van der Waals surface area contributed by atoms with Gasteiger partial charge in [0.2, 0.25) is 5.76 Å². The van der Waals surface area contributed by atoms with E-state index >= 15 is 0 Å². The molecule has 0 unspecified atom stereocenters. The summed E-state index contributed by atoms with van der Waals surface area (Å²) in [5.74, 6) is -1.28. The minimum Gasteiger partial charge on any atom is -0.395 e. The summed E-state index contributed by atoms with van der Waals surface area (Å²) < 4.78 is 24.6. The van der Waals surface area contributed by atoms with Gasteiger partial charge in [-0.15, -0.1) is 0 Å². The fourth-order valence-electron chi connectivity index (χ4n) is 0.536. The molecule has 0 atom stereocenters.